The Morgan fingerprint density at radius 2 is 2.25 bits per heavy atom. The normalized spacial score (nSPS) is 39.5. The molecular formula is C8H17NO3. The summed E-state index contributed by atoms with van der Waals surface area (Å²) in [7, 11) is 0. The average Bonchev–Trinajstić information content (AvgIpc) is 1.98. The first kappa shape index (κ1) is 9.92. The van der Waals surface area contributed by atoms with Gasteiger partial charge in [-0.25, -0.2) is 0 Å². The van der Waals surface area contributed by atoms with Gasteiger partial charge in [-0.1, -0.05) is 0 Å². The first-order valence-corrected chi connectivity index (χ1v) is 4.34. The van der Waals surface area contributed by atoms with Gasteiger partial charge < -0.3 is 20.7 Å². The van der Waals surface area contributed by atoms with E-state index in [1.807, 2.05) is 6.92 Å². The number of aliphatic hydroxyl groups is 2. The van der Waals surface area contributed by atoms with Crippen LogP contribution in [0, 0.1) is 0 Å². The summed E-state index contributed by atoms with van der Waals surface area (Å²) in [6.07, 6.45) is -0.615. The van der Waals surface area contributed by atoms with Crippen molar-refractivity contribution in [1.29, 1.82) is 0 Å². The standard InChI is InChI=1S/C8H17NO3/c1-5(9)4-7-8(11)6(10)2-3-12-7/h5-8,10-11H,2-4,9H2,1H3/t5?,6?,7?,8-/m1/s1. The molecule has 1 aliphatic heterocycles. The Bertz CT molecular complexity index is 140. The largest absolute Gasteiger partial charge is 0.390 e. The summed E-state index contributed by atoms with van der Waals surface area (Å²) >= 11 is 0. The molecule has 1 aliphatic rings. The minimum absolute atomic E-state index is 0.00468. The first-order valence-electron chi connectivity index (χ1n) is 4.34. The molecule has 0 aliphatic carbocycles. The molecule has 0 bridgehead atoms. The number of aliphatic hydroxyl groups excluding tert-OH is 2. The summed E-state index contributed by atoms with van der Waals surface area (Å²) in [4.78, 5) is 0. The highest BCUT2D eigenvalue weighted by molar-refractivity contribution is 4.82. The number of hydrogen-bond donors (Lipinski definition) is 3. The van der Waals surface area contributed by atoms with E-state index in [2.05, 4.69) is 0 Å². The molecule has 0 aromatic rings. The second-order valence-electron chi connectivity index (χ2n) is 3.47. The van der Waals surface area contributed by atoms with Crippen LogP contribution >= 0.6 is 0 Å². The molecule has 4 heteroatoms. The second kappa shape index (κ2) is 4.18. The molecule has 1 saturated heterocycles. The van der Waals surface area contributed by atoms with E-state index in [1.165, 1.54) is 0 Å². The van der Waals surface area contributed by atoms with Crippen molar-refractivity contribution in [2.24, 2.45) is 5.73 Å². The highest BCUT2D eigenvalue weighted by atomic mass is 16.5. The molecule has 1 rings (SSSR count). The molecule has 12 heavy (non-hydrogen) atoms. The number of ether oxygens (including phenoxy) is 1. The van der Waals surface area contributed by atoms with E-state index in [0.717, 1.165) is 0 Å². The van der Waals surface area contributed by atoms with Crippen LogP contribution in [0.15, 0.2) is 0 Å². The minimum atomic E-state index is -0.773. The molecular weight excluding hydrogens is 158 g/mol. The van der Waals surface area contributed by atoms with Crippen molar-refractivity contribution in [3.63, 3.8) is 0 Å². The quantitative estimate of drug-likeness (QED) is 0.515. The van der Waals surface area contributed by atoms with Crippen LogP contribution in [-0.4, -0.2) is 41.2 Å². The average molecular weight is 175 g/mol. The van der Waals surface area contributed by atoms with Gasteiger partial charge in [-0.3, -0.25) is 0 Å². The monoisotopic (exact) mass is 175 g/mol. The van der Waals surface area contributed by atoms with Crippen LogP contribution < -0.4 is 5.73 Å². The Kier molecular flexibility index (Phi) is 3.46. The Morgan fingerprint density at radius 3 is 2.83 bits per heavy atom. The smallest absolute Gasteiger partial charge is 0.106 e. The molecule has 0 spiro atoms. The summed E-state index contributed by atoms with van der Waals surface area (Å²) < 4.78 is 5.28. The molecule has 4 atom stereocenters. The Balaban J connectivity index is 2.41. The fourth-order valence-electron chi connectivity index (χ4n) is 1.43. The number of hydrogen-bond acceptors (Lipinski definition) is 4. The van der Waals surface area contributed by atoms with Gasteiger partial charge in [-0.05, 0) is 19.8 Å². The predicted octanol–water partition coefficient (Wildman–Crippen LogP) is -0.766. The third-order valence-electron chi connectivity index (χ3n) is 2.12. The van der Waals surface area contributed by atoms with E-state index in [9.17, 15) is 10.2 Å². The molecule has 72 valence electrons. The topological polar surface area (TPSA) is 75.7 Å². The fourth-order valence-corrected chi connectivity index (χ4v) is 1.43. The Labute approximate surface area is 72.3 Å². The molecule has 3 unspecified atom stereocenters. The molecule has 0 saturated carbocycles. The van der Waals surface area contributed by atoms with Crippen LogP contribution in [0.4, 0.5) is 0 Å². The maximum Gasteiger partial charge on any atom is 0.106 e. The summed E-state index contributed by atoms with van der Waals surface area (Å²) in [5.41, 5.74) is 5.56. The van der Waals surface area contributed by atoms with Gasteiger partial charge in [-0.2, -0.15) is 0 Å². The van der Waals surface area contributed by atoms with Crippen molar-refractivity contribution in [2.75, 3.05) is 6.61 Å². The zero-order valence-corrected chi connectivity index (χ0v) is 7.31. The molecule has 0 aromatic heterocycles. The van der Waals surface area contributed by atoms with Gasteiger partial charge >= 0.3 is 0 Å². The van der Waals surface area contributed by atoms with Crippen LogP contribution in [0.5, 0.6) is 0 Å². The molecule has 0 aromatic carbocycles. The fraction of sp³-hybridized carbons (Fsp3) is 1.00. The first-order chi connectivity index (χ1) is 5.61. The summed E-state index contributed by atoms with van der Waals surface area (Å²) in [5.74, 6) is 0. The van der Waals surface area contributed by atoms with Gasteiger partial charge in [0.25, 0.3) is 0 Å². The maximum absolute atomic E-state index is 9.46. The van der Waals surface area contributed by atoms with Crippen molar-refractivity contribution in [1.82, 2.24) is 0 Å². The number of nitrogens with two attached hydrogens (primary N) is 1. The molecule has 1 heterocycles. The highest BCUT2D eigenvalue weighted by Gasteiger charge is 2.31. The van der Waals surface area contributed by atoms with Crippen LogP contribution in [-0.2, 0) is 4.74 Å². The number of rotatable bonds is 2. The van der Waals surface area contributed by atoms with Crippen molar-refractivity contribution in [3.05, 3.63) is 0 Å². The lowest BCUT2D eigenvalue weighted by Crippen LogP contribution is -2.46. The third-order valence-corrected chi connectivity index (χ3v) is 2.12. The lowest BCUT2D eigenvalue weighted by Gasteiger charge is -2.32. The zero-order valence-electron chi connectivity index (χ0n) is 7.31. The van der Waals surface area contributed by atoms with Gasteiger partial charge in [0.15, 0.2) is 0 Å². The molecule has 4 nitrogen and oxygen atoms in total. The molecule has 1 fully saturated rings. The lowest BCUT2D eigenvalue weighted by molar-refractivity contribution is -0.137. The van der Waals surface area contributed by atoms with Crippen molar-refractivity contribution in [2.45, 2.75) is 44.1 Å². The highest BCUT2D eigenvalue weighted by Crippen LogP contribution is 2.17. The predicted molar refractivity (Wildman–Crippen MR) is 44.6 cm³/mol. The zero-order chi connectivity index (χ0) is 9.14. The van der Waals surface area contributed by atoms with Gasteiger partial charge in [0.1, 0.15) is 6.10 Å². The van der Waals surface area contributed by atoms with E-state index in [0.29, 0.717) is 19.4 Å². The van der Waals surface area contributed by atoms with Crippen molar-refractivity contribution < 1.29 is 14.9 Å². The van der Waals surface area contributed by atoms with Gasteiger partial charge in [0, 0.05) is 12.6 Å². The Hall–Kier alpha value is -0.160. The van der Waals surface area contributed by atoms with Crippen LogP contribution in [0.1, 0.15) is 19.8 Å². The third kappa shape index (κ3) is 2.42. The maximum atomic E-state index is 9.46. The van der Waals surface area contributed by atoms with E-state index < -0.39 is 12.2 Å². The SMILES string of the molecule is CC(N)CC1OCCC(O)[C@H]1O. The van der Waals surface area contributed by atoms with Crippen LogP contribution in [0.25, 0.3) is 0 Å². The van der Waals surface area contributed by atoms with Crippen molar-refractivity contribution >= 4 is 0 Å². The van der Waals surface area contributed by atoms with Gasteiger partial charge in [0.2, 0.25) is 0 Å². The summed E-state index contributed by atoms with van der Waals surface area (Å²) in [6, 6.07) is -0.00468. The van der Waals surface area contributed by atoms with Gasteiger partial charge in [-0.15, -0.1) is 0 Å². The Morgan fingerprint density at radius 1 is 1.58 bits per heavy atom. The lowest BCUT2D eigenvalue weighted by atomic mass is 9.98. The van der Waals surface area contributed by atoms with E-state index in [4.69, 9.17) is 10.5 Å². The van der Waals surface area contributed by atoms with Gasteiger partial charge in [0.05, 0.1) is 12.2 Å². The molecule has 0 radical (unpaired) electrons. The summed E-state index contributed by atoms with van der Waals surface area (Å²) in [5, 5.41) is 18.7. The van der Waals surface area contributed by atoms with Crippen LogP contribution in [0.3, 0.4) is 0 Å². The molecule has 4 N–H and O–H groups in total. The second-order valence-corrected chi connectivity index (χ2v) is 3.47. The van der Waals surface area contributed by atoms with E-state index in [-0.39, 0.29) is 12.1 Å². The van der Waals surface area contributed by atoms with E-state index >= 15 is 0 Å². The van der Waals surface area contributed by atoms with E-state index in [1.54, 1.807) is 0 Å². The van der Waals surface area contributed by atoms with Crippen LogP contribution in [0.2, 0.25) is 0 Å². The molecule has 0 amide bonds. The summed E-state index contributed by atoms with van der Waals surface area (Å²) in [6.45, 7) is 2.37. The van der Waals surface area contributed by atoms with Crippen molar-refractivity contribution in [3.8, 4) is 0 Å². The minimum Gasteiger partial charge on any atom is -0.390 e.